The number of anilines is 4. The Morgan fingerprint density at radius 3 is 1.60 bits per heavy atom. The van der Waals surface area contributed by atoms with Crippen LogP contribution in [-0.4, -0.2) is 76.6 Å². The van der Waals surface area contributed by atoms with Gasteiger partial charge in [0.15, 0.2) is 11.6 Å². The largest absolute Gasteiger partial charge is 0.368 e. The molecule has 0 fully saturated rings. The Hall–Kier alpha value is -7.51. The first kappa shape index (κ1) is 41.6. The first-order valence-corrected chi connectivity index (χ1v) is 18.2. The van der Waals surface area contributed by atoms with E-state index < -0.39 is 11.0 Å². The lowest BCUT2D eigenvalue weighted by molar-refractivity contribution is -0.108. The Labute approximate surface area is 342 Å². The maximum absolute atomic E-state index is 12.1. The predicted molar refractivity (Wildman–Crippen MR) is 222 cm³/mol. The standard InChI is InChI=1S/C14H9ClN4O2.C12H10N4.C6H6BrN3O.C6H7N3O/c15-13(21)12(20)11-10(8-6-17-14(16)18-7-8)5-9-3-1-2-4-19(9)11;13-12-14-6-10(7-15-12)9-5-11-3-1-2-4-16(11)8-9;7-1-5(11)4-2-9-6(8)10-3-4;1-4(10)5-2-8-6(7)9-3-5/h1-7H,(H2,16,17,18);1-8H,(H2,13,14,15);2-3H,1H2,(H2,8,9,10);2-3H,1H3,(H2,7,8,9). The molecule has 0 saturated heterocycles. The number of pyridine rings is 2. The molecular weight excluding hydrogens is 832 g/mol. The molecule has 0 aliphatic carbocycles. The minimum Gasteiger partial charge on any atom is -0.368 e. The van der Waals surface area contributed by atoms with Gasteiger partial charge in [-0.2, -0.15) is 0 Å². The minimum absolute atomic E-state index is 0.0509. The number of rotatable bonds is 7. The number of hydrogen-bond acceptors (Lipinski definition) is 16. The van der Waals surface area contributed by atoms with Gasteiger partial charge in [0, 0.05) is 101 Å². The van der Waals surface area contributed by atoms with E-state index in [0.717, 1.165) is 22.2 Å². The van der Waals surface area contributed by atoms with E-state index in [4.69, 9.17) is 34.5 Å². The summed E-state index contributed by atoms with van der Waals surface area (Å²) in [4.78, 5) is 75.4. The van der Waals surface area contributed by atoms with Crippen LogP contribution in [0.25, 0.3) is 33.3 Å². The minimum atomic E-state index is -1.04. The van der Waals surface area contributed by atoms with Crippen LogP contribution in [0.2, 0.25) is 0 Å². The topological polar surface area (TPSA) is 284 Å². The van der Waals surface area contributed by atoms with Gasteiger partial charge in [0.25, 0.3) is 11.0 Å². The normalized spacial score (nSPS) is 10.3. The summed E-state index contributed by atoms with van der Waals surface area (Å²) < 4.78 is 3.67. The molecule has 0 atom stereocenters. The molecule has 292 valence electrons. The average Bonchev–Trinajstić information content (AvgIpc) is 3.84. The number of halogens is 2. The van der Waals surface area contributed by atoms with Gasteiger partial charge in [0.05, 0.1) is 16.5 Å². The van der Waals surface area contributed by atoms with Crippen LogP contribution in [0.1, 0.15) is 38.1 Å². The molecule has 0 aliphatic heterocycles. The van der Waals surface area contributed by atoms with E-state index in [1.54, 1.807) is 35.1 Å². The van der Waals surface area contributed by atoms with E-state index in [2.05, 4.69) is 72.3 Å². The SMILES string of the molecule is CC(=O)c1cnc(N)nc1.Nc1ncc(-c2cc3ccccn3c2)cn1.Nc1ncc(-c2cc3ccccn3c2C(=O)C(=O)Cl)cn1.Nc1ncc(C(=O)CBr)cn1. The maximum atomic E-state index is 12.1. The number of hydrogen-bond donors (Lipinski definition) is 4. The lowest BCUT2D eigenvalue weighted by atomic mass is 10.1. The summed E-state index contributed by atoms with van der Waals surface area (Å²) in [6.07, 6.45) is 17.8. The molecule has 18 nitrogen and oxygen atoms in total. The quantitative estimate of drug-likeness (QED) is 0.0724. The first-order chi connectivity index (χ1) is 27.8. The molecule has 8 aromatic heterocycles. The first-order valence-electron chi connectivity index (χ1n) is 16.7. The van der Waals surface area contributed by atoms with E-state index in [-0.39, 0.29) is 40.4 Å². The van der Waals surface area contributed by atoms with Crippen molar-refractivity contribution in [3.8, 4) is 22.3 Å². The van der Waals surface area contributed by atoms with Gasteiger partial charge in [-0.05, 0) is 54.9 Å². The van der Waals surface area contributed by atoms with Gasteiger partial charge in [0.2, 0.25) is 23.8 Å². The zero-order valence-corrected chi connectivity index (χ0v) is 32.7. The summed E-state index contributed by atoms with van der Waals surface area (Å²) in [6, 6.07) is 15.3. The second-order valence-corrected chi connectivity index (χ2v) is 12.6. The second kappa shape index (κ2) is 19.4. The molecule has 20 heteroatoms. The fourth-order valence-corrected chi connectivity index (χ4v) is 5.34. The number of alkyl halides is 1. The number of nitrogens with two attached hydrogens (primary N) is 4. The molecule has 8 N–H and O–H groups in total. The highest BCUT2D eigenvalue weighted by atomic mass is 79.9. The third kappa shape index (κ3) is 10.8. The van der Waals surface area contributed by atoms with Crippen molar-refractivity contribution in [2.45, 2.75) is 6.92 Å². The van der Waals surface area contributed by atoms with Crippen LogP contribution in [0.15, 0.2) is 117 Å². The van der Waals surface area contributed by atoms with Gasteiger partial charge in [-0.25, -0.2) is 39.9 Å². The van der Waals surface area contributed by atoms with Crippen molar-refractivity contribution < 1.29 is 19.2 Å². The molecule has 0 aliphatic rings. The number of nitrogens with zero attached hydrogens (tertiary/aromatic N) is 10. The number of ketones is 3. The highest BCUT2D eigenvalue weighted by molar-refractivity contribution is 9.09. The van der Waals surface area contributed by atoms with Gasteiger partial charge in [0.1, 0.15) is 5.69 Å². The second-order valence-electron chi connectivity index (χ2n) is 11.7. The Kier molecular flexibility index (Phi) is 13.9. The number of nitrogen functional groups attached to an aromatic ring is 4. The average molecular weight is 864 g/mol. The summed E-state index contributed by atoms with van der Waals surface area (Å²) in [6.45, 7) is 1.45. The molecule has 0 bridgehead atoms. The third-order valence-electron chi connectivity index (χ3n) is 7.76. The van der Waals surface area contributed by atoms with Gasteiger partial charge >= 0.3 is 0 Å². The van der Waals surface area contributed by atoms with Crippen LogP contribution in [0.4, 0.5) is 23.8 Å². The van der Waals surface area contributed by atoms with E-state index in [1.165, 1.54) is 44.1 Å². The summed E-state index contributed by atoms with van der Waals surface area (Å²) in [5.74, 6) is -0.0999. The van der Waals surface area contributed by atoms with Gasteiger partial charge < -0.3 is 31.7 Å². The van der Waals surface area contributed by atoms with Crippen LogP contribution < -0.4 is 22.9 Å². The van der Waals surface area contributed by atoms with Crippen molar-refractivity contribution in [3.05, 3.63) is 134 Å². The molecule has 0 spiro atoms. The lowest BCUT2D eigenvalue weighted by Gasteiger charge is -2.03. The summed E-state index contributed by atoms with van der Waals surface area (Å²) in [5, 5.41) is -0.767. The molecule has 0 amide bonds. The predicted octanol–water partition coefficient (Wildman–Crippen LogP) is 4.80. The number of fused-ring (bicyclic) bond motifs is 2. The van der Waals surface area contributed by atoms with Gasteiger partial charge in [-0.3, -0.25) is 19.2 Å². The van der Waals surface area contributed by atoms with Crippen molar-refractivity contribution in [3.63, 3.8) is 0 Å². The maximum Gasteiger partial charge on any atom is 0.294 e. The molecule has 0 aromatic carbocycles. The number of carbonyl (C=O) groups excluding carboxylic acids is 4. The van der Waals surface area contributed by atoms with Gasteiger partial charge in [-0.1, -0.05) is 28.1 Å². The van der Waals surface area contributed by atoms with Gasteiger partial charge in [-0.15, -0.1) is 0 Å². The summed E-state index contributed by atoms with van der Waals surface area (Å²) in [7, 11) is 0. The van der Waals surface area contributed by atoms with Crippen LogP contribution in [-0.2, 0) is 4.79 Å². The van der Waals surface area contributed by atoms with E-state index in [1.807, 2.05) is 36.7 Å². The Morgan fingerprint density at radius 1 is 0.621 bits per heavy atom. The highest BCUT2D eigenvalue weighted by Gasteiger charge is 2.23. The fourth-order valence-electron chi connectivity index (χ4n) is 4.92. The van der Waals surface area contributed by atoms with Crippen LogP contribution >= 0.6 is 27.5 Å². The summed E-state index contributed by atoms with van der Waals surface area (Å²) in [5.41, 5.74) is 27.5. The van der Waals surface area contributed by atoms with Crippen molar-refractivity contribution in [2.24, 2.45) is 0 Å². The van der Waals surface area contributed by atoms with E-state index in [9.17, 15) is 19.2 Å². The van der Waals surface area contributed by atoms with Crippen molar-refractivity contribution in [1.82, 2.24) is 48.7 Å². The molecule has 8 aromatic rings. The Morgan fingerprint density at radius 2 is 1.10 bits per heavy atom. The molecule has 58 heavy (non-hydrogen) atoms. The third-order valence-corrected chi connectivity index (χ3v) is 8.44. The van der Waals surface area contributed by atoms with Crippen LogP contribution in [0.3, 0.4) is 0 Å². The molecule has 0 saturated carbocycles. The number of aromatic nitrogens is 10. The molecular formula is C38H32BrClN14O4. The number of carbonyl (C=O) groups is 4. The molecule has 0 radical (unpaired) electrons. The highest BCUT2D eigenvalue weighted by Crippen LogP contribution is 2.28. The Balaban J connectivity index is 0.000000154. The van der Waals surface area contributed by atoms with E-state index >= 15 is 0 Å². The van der Waals surface area contributed by atoms with Crippen molar-refractivity contribution in [1.29, 1.82) is 0 Å². The van der Waals surface area contributed by atoms with Crippen LogP contribution in [0, 0.1) is 0 Å². The summed E-state index contributed by atoms with van der Waals surface area (Å²) >= 11 is 8.39. The molecule has 8 rings (SSSR count). The number of Topliss-reactive ketones (excluding diaryl/α,β-unsaturated/α-hetero) is 3. The molecule has 8 heterocycles. The zero-order chi connectivity index (χ0) is 41.8. The van der Waals surface area contributed by atoms with Crippen molar-refractivity contribution in [2.75, 3.05) is 28.3 Å². The molecule has 0 unspecified atom stereocenters. The van der Waals surface area contributed by atoms with Crippen LogP contribution in [0.5, 0.6) is 0 Å². The Bertz CT molecular complexity index is 2660. The van der Waals surface area contributed by atoms with Crippen molar-refractivity contribution >= 4 is 84.9 Å². The fraction of sp³-hybridized carbons (Fsp3) is 0.0526. The lowest BCUT2D eigenvalue weighted by Crippen LogP contribution is -2.11. The monoisotopic (exact) mass is 862 g/mol. The van der Waals surface area contributed by atoms with E-state index in [0.29, 0.717) is 28.2 Å². The zero-order valence-electron chi connectivity index (χ0n) is 30.3. The smallest absolute Gasteiger partial charge is 0.294 e.